The molecule has 18 heavy (non-hydrogen) atoms. The molecule has 2 rings (SSSR count). The van der Waals surface area contributed by atoms with Crippen molar-refractivity contribution in [2.75, 3.05) is 7.11 Å². The van der Waals surface area contributed by atoms with E-state index in [1.165, 1.54) is 12.7 Å². The van der Waals surface area contributed by atoms with E-state index in [1.54, 1.807) is 24.3 Å². The lowest BCUT2D eigenvalue weighted by atomic mass is 9.80. The molecule has 2 N–H and O–H groups in total. The Labute approximate surface area is 108 Å². The summed E-state index contributed by atoms with van der Waals surface area (Å²) in [4.78, 5) is 0. The zero-order valence-corrected chi connectivity index (χ0v) is 10.6. The van der Waals surface area contributed by atoms with E-state index < -0.39 is 7.12 Å². The van der Waals surface area contributed by atoms with Crippen molar-refractivity contribution in [1.29, 1.82) is 0 Å². The quantitative estimate of drug-likeness (QED) is 0.784. The average molecular weight is 244 g/mol. The van der Waals surface area contributed by atoms with Crippen LogP contribution in [0.1, 0.15) is 5.56 Å². The number of rotatable bonds is 2. The highest BCUT2D eigenvalue weighted by Gasteiger charge is 2.14. The van der Waals surface area contributed by atoms with E-state index in [1.807, 2.05) is 18.2 Å². The Morgan fingerprint density at radius 2 is 1.44 bits per heavy atom. The van der Waals surface area contributed by atoms with Crippen molar-refractivity contribution < 1.29 is 14.8 Å². The Balaban J connectivity index is 0.000000199. The van der Waals surface area contributed by atoms with Gasteiger partial charge in [-0.3, -0.25) is 0 Å². The van der Waals surface area contributed by atoms with Crippen LogP contribution in [0.5, 0.6) is 5.75 Å². The molecule has 0 aliphatic heterocycles. The van der Waals surface area contributed by atoms with E-state index in [0.29, 0.717) is 11.2 Å². The molecular weight excluding hydrogens is 227 g/mol. The Bertz CT molecular complexity index is 458. The van der Waals surface area contributed by atoms with Crippen LogP contribution in [0.3, 0.4) is 0 Å². The molecule has 0 spiro atoms. The van der Waals surface area contributed by atoms with E-state index in [-0.39, 0.29) is 0 Å². The van der Waals surface area contributed by atoms with E-state index in [4.69, 9.17) is 14.8 Å². The van der Waals surface area contributed by atoms with Crippen LogP contribution in [0.4, 0.5) is 0 Å². The predicted octanol–water partition coefficient (Wildman–Crippen LogP) is 1.37. The third-order valence-electron chi connectivity index (χ3n) is 2.36. The van der Waals surface area contributed by atoms with Crippen molar-refractivity contribution in [2.24, 2.45) is 0 Å². The van der Waals surface area contributed by atoms with Gasteiger partial charge in [-0.1, -0.05) is 54.1 Å². The van der Waals surface area contributed by atoms with Crippen LogP contribution in [0, 0.1) is 6.92 Å². The zero-order valence-electron chi connectivity index (χ0n) is 10.6. The van der Waals surface area contributed by atoms with Crippen LogP contribution in [0.25, 0.3) is 0 Å². The summed E-state index contributed by atoms with van der Waals surface area (Å²) in [6.07, 6.45) is 0. The van der Waals surface area contributed by atoms with Gasteiger partial charge in [-0.2, -0.15) is 0 Å². The van der Waals surface area contributed by atoms with E-state index >= 15 is 0 Å². The van der Waals surface area contributed by atoms with Crippen molar-refractivity contribution in [3.05, 3.63) is 60.2 Å². The molecule has 94 valence electrons. The zero-order chi connectivity index (χ0) is 13.4. The van der Waals surface area contributed by atoms with Crippen molar-refractivity contribution in [1.82, 2.24) is 0 Å². The standard InChI is InChI=1S/C7H9BO3.C7H8/c1-11-7-5-3-2-4-6(7)8(9)10;1-7-5-3-2-4-6-7/h2-5,9-10H,1H3;2-6H,1H3. The van der Waals surface area contributed by atoms with Gasteiger partial charge in [0.25, 0.3) is 0 Å². The van der Waals surface area contributed by atoms with Crippen molar-refractivity contribution in [3.8, 4) is 5.75 Å². The van der Waals surface area contributed by atoms with E-state index in [0.717, 1.165) is 0 Å². The second-order valence-electron chi connectivity index (χ2n) is 3.77. The summed E-state index contributed by atoms with van der Waals surface area (Å²) in [6, 6.07) is 17.0. The maximum atomic E-state index is 8.81. The first-order chi connectivity index (χ1) is 8.65. The fourth-order valence-electron chi connectivity index (χ4n) is 1.41. The molecule has 0 atom stereocenters. The first kappa shape index (κ1) is 14.3. The third kappa shape index (κ3) is 4.61. The molecule has 0 aromatic heterocycles. The van der Waals surface area contributed by atoms with Gasteiger partial charge in [0.1, 0.15) is 5.75 Å². The first-order valence-electron chi connectivity index (χ1n) is 5.66. The maximum Gasteiger partial charge on any atom is 0.492 e. The fraction of sp³-hybridized carbons (Fsp3) is 0.143. The van der Waals surface area contributed by atoms with Crippen LogP contribution in [-0.2, 0) is 0 Å². The normalized spacial score (nSPS) is 9.11. The molecule has 2 aromatic carbocycles. The second-order valence-corrected chi connectivity index (χ2v) is 3.77. The topological polar surface area (TPSA) is 49.7 Å². The Kier molecular flexibility index (Phi) is 5.98. The molecule has 0 radical (unpaired) electrons. The number of para-hydroxylation sites is 1. The van der Waals surface area contributed by atoms with E-state index in [9.17, 15) is 0 Å². The average Bonchev–Trinajstić information content (AvgIpc) is 2.40. The largest absolute Gasteiger partial charge is 0.497 e. The number of hydrogen-bond acceptors (Lipinski definition) is 3. The van der Waals surface area contributed by atoms with Gasteiger partial charge in [-0.05, 0) is 13.0 Å². The van der Waals surface area contributed by atoms with Gasteiger partial charge in [-0.25, -0.2) is 0 Å². The minimum absolute atomic E-state index is 0.384. The SMILES string of the molecule is COc1ccccc1B(O)O.Cc1ccccc1. The monoisotopic (exact) mass is 244 g/mol. The number of methoxy groups -OCH3 is 1. The summed E-state index contributed by atoms with van der Waals surface area (Å²) in [6.45, 7) is 2.08. The summed E-state index contributed by atoms with van der Waals surface area (Å²) in [5, 5.41) is 17.6. The number of hydrogen-bond donors (Lipinski definition) is 2. The summed E-state index contributed by atoms with van der Waals surface area (Å²) in [5.41, 5.74) is 1.71. The van der Waals surface area contributed by atoms with Gasteiger partial charge in [0.15, 0.2) is 0 Å². The fourth-order valence-corrected chi connectivity index (χ4v) is 1.41. The van der Waals surface area contributed by atoms with Gasteiger partial charge in [0, 0.05) is 5.46 Å². The summed E-state index contributed by atoms with van der Waals surface area (Å²) < 4.78 is 4.89. The Morgan fingerprint density at radius 1 is 0.889 bits per heavy atom. The van der Waals surface area contributed by atoms with Gasteiger partial charge in [-0.15, -0.1) is 0 Å². The van der Waals surface area contributed by atoms with E-state index in [2.05, 4.69) is 19.1 Å². The number of benzene rings is 2. The molecule has 4 heteroatoms. The van der Waals surface area contributed by atoms with Crippen LogP contribution in [0.2, 0.25) is 0 Å². The smallest absolute Gasteiger partial charge is 0.492 e. The lowest BCUT2D eigenvalue weighted by Gasteiger charge is -2.05. The molecule has 0 saturated carbocycles. The summed E-state index contributed by atoms with van der Waals surface area (Å²) in [5.74, 6) is 0.488. The maximum absolute atomic E-state index is 8.81. The summed E-state index contributed by atoms with van der Waals surface area (Å²) in [7, 11) is 0.0208. The van der Waals surface area contributed by atoms with Crippen molar-refractivity contribution in [2.45, 2.75) is 6.92 Å². The minimum Gasteiger partial charge on any atom is -0.497 e. The van der Waals surface area contributed by atoms with Crippen molar-refractivity contribution >= 4 is 12.6 Å². The third-order valence-corrected chi connectivity index (χ3v) is 2.36. The minimum atomic E-state index is -1.47. The molecule has 2 aromatic rings. The van der Waals surface area contributed by atoms with Crippen LogP contribution >= 0.6 is 0 Å². The van der Waals surface area contributed by atoms with Crippen LogP contribution in [-0.4, -0.2) is 24.3 Å². The lowest BCUT2D eigenvalue weighted by Crippen LogP contribution is -2.30. The molecule has 0 aliphatic rings. The molecule has 0 amide bonds. The van der Waals surface area contributed by atoms with Gasteiger partial charge >= 0.3 is 7.12 Å². The van der Waals surface area contributed by atoms with Gasteiger partial charge in [0.05, 0.1) is 7.11 Å². The first-order valence-corrected chi connectivity index (χ1v) is 5.66. The second kappa shape index (κ2) is 7.53. The van der Waals surface area contributed by atoms with Crippen LogP contribution < -0.4 is 10.2 Å². The van der Waals surface area contributed by atoms with Gasteiger partial charge in [0.2, 0.25) is 0 Å². The molecule has 0 saturated heterocycles. The predicted molar refractivity (Wildman–Crippen MR) is 74.0 cm³/mol. The van der Waals surface area contributed by atoms with Gasteiger partial charge < -0.3 is 14.8 Å². The molecule has 0 bridgehead atoms. The highest BCUT2D eigenvalue weighted by molar-refractivity contribution is 6.59. The lowest BCUT2D eigenvalue weighted by molar-refractivity contribution is 0.403. The Morgan fingerprint density at radius 3 is 1.83 bits per heavy atom. The molecule has 0 fully saturated rings. The molecule has 3 nitrogen and oxygen atoms in total. The molecule has 0 aliphatic carbocycles. The molecule has 0 unspecified atom stereocenters. The number of aryl methyl sites for hydroxylation is 1. The number of ether oxygens (including phenoxy) is 1. The van der Waals surface area contributed by atoms with Crippen LogP contribution in [0.15, 0.2) is 54.6 Å². The van der Waals surface area contributed by atoms with Crippen molar-refractivity contribution in [3.63, 3.8) is 0 Å². The Hall–Kier alpha value is -1.78. The molecule has 0 heterocycles. The molecular formula is C14H17BO3. The summed E-state index contributed by atoms with van der Waals surface area (Å²) >= 11 is 0. The highest BCUT2D eigenvalue weighted by atomic mass is 16.5. The highest BCUT2D eigenvalue weighted by Crippen LogP contribution is 2.04.